The Balaban J connectivity index is 1.93. The largest absolute Gasteiger partial charge is 0.368 e. The van der Waals surface area contributed by atoms with Gasteiger partial charge < -0.3 is 10.1 Å². The maximum Gasteiger partial charge on any atom is 0.249 e. The molecule has 22 heavy (non-hydrogen) atoms. The summed E-state index contributed by atoms with van der Waals surface area (Å²) in [6, 6.07) is 10.8. The van der Waals surface area contributed by atoms with Gasteiger partial charge in [-0.05, 0) is 37.9 Å². The fourth-order valence-electron chi connectivity index (χ4n) is 3.07. The summed E-state index contributed by atoms with van der Waals surface area (Å²) in [5.41, 5.74) is 1.31. The van der Waals surface area contributed by atoms with Gasteiger partial charge in [0, 0.05) is 19.2 Å². The molecule has 2 rings (SSSR count). The quantitative estimate of drug-likeness (QED) is 0.801. The summed E-state index contributed by atoms with van der Waals surface area (Å²) < 4.78 is 5.45. The molecule has 1 aromatic carbocycles. The predicted octanol–water partition coefficient (Wildman–Crippen LogP) is 2.23. The number of carbonyl (C=O) groups is 1. The van der Waals surface area contributed by atoms with Crippen LogP contribution in [0.4, 0.5) is 0 Å². The van der Waals surface area contributed by atoms with Crippen molar-refractivity contribution in [1.82, 2.24) is 10.2 Å². The van der Waals surface area contributed by atoms with E-state index < -0.39 is 0 Å². The first kappa shape index (κ1) is 17.0. The van der Waals surface area contributed by atoms with Crippen LogP contribution in [0.5, 0.6) is 0 Å². The van der Waals surface area contributed by atoms with Crippen molar-refractivity contribution in [2.75, 3.05) is 26.2 Å². The number of amides is 1. The monoisotopic (exact) mass is 304 g/mol. The van der Waals surface area contributed by atoms with E-state index in [-0.39, 0.29) is 12.0 Å². The topological polar surface area (TPSA) is 41.6 Å². The van der Waals surface area contributed by atoms with Crippen LogP contribution in [0.2, 0.25) is 0 Å². The number of rotatable bonds is 8. The molecule has 1 N–H and O–H groups in total. The molecule has 122 valence electrons. The van der Waals surface area contributed by atoms with Crippen molar-refractivity contribution in [3.8, 4) is 0 Å². The SMILES string of the molecule is CCN(CC)[C@H](CNC(=O)[C@H]1CCCO1)Cc1ccccc1. The number of nitrogens with zero attached hydrogens (tertiary/aromatic N) is 1. The average Bonchev–Trinajstić information content (AvgIpc) is 3.08. The standard InChI is InChI=1S/C18H28N2O2/c1-3-20(4-2)16(13-15-9-6-5-7-10-15)14-19-18(21)17-11-8-12-22-17/h5-7,9-10,16-17H,3-4,8,11-14H2,1-2H3,(H,19,21)/t16-,17+/m0/s1. The van der Waals surface area contributed by atoms with Crippen LogP contribution < -0.4 is 5.32 Å². The third kappa shape index (κ3) is 4.82. The molecule has 1 heterocycles. The lowest BCUT2D eigenvalue weighted by atomic mass is 10.0. The number of likely N-dealkylation sites (N-methyl/N-ethyl adjacent to an activating group) is 1. The molecule has 1 fully saturated rings. The van der Waals surface area contributed by atoms with Gasteiger partial charge >= 0.3 is 0 Å². The highest BCUT2D eigenvalue weighted by Crippen LogP contribution is 2.13. The van der Waals surface area contributed by atoms with Crippen LogP contribution in [0.1, 0.15) is 32.3 Å². The lowest BCUT2D eigenvalue weighted by molar-refractivity contribution is -0.130. The second kappa shape index (κ2) is 8.91. The minimum absolute atomic E-state index is 0.0442. The first-order valence-electron chi connectivity index (χ1n) is 8.41. The van der Waals surface area contributed by atoms with Gasteiger partial charge in [-0.25, -0.2) is 0 Å². The second-order valence-electron chi connectivity index (χ2n) is 5.81. The molecule has 0 aliphatic carbocycles. The molecule has 0 aromatic heterocycles. The van der Waals surface area contributed by atoms with Gasteiger partial charge in [0.2, 0.25) is 5.91 Å². The number of benzene rings is 1. The Morgan fingerprint density at radius 3 is 2.64 bits per heavy atom. The molecule has 1 aliphatic rings. The Morgan fingerprint density at radius 1 is 1.32 bits per heavy atom. The summed E-state index contributed by atoms with van der Waals surface area (Å²) in [6.45, 7) is 7.71. The Hall–Kier alpha value is -1.39. The smallest absolute Gasteiger partial charge is 0.249 e. The van der Waals surface area contributed by atoms with E-state index in [2.05, 4.69) is 48.3 Å². The van der Waals surface area contributed by atoms with E-state index in [0.29, 0.717) is 19.2 Å². The minimum atomic E-state index is -0.242. The van der Waals surface area contributed by atoms with Gasteiger partial charge in [0.25, 0.3) is 0 Å². The third-order valence-corrected chi connectivity index (χ3v) is 4.38. The summed E-state index contributed by atoms with van der Waals surface area (Å²) in [5, 5.41) is 3.09. The van der Waals surface area contributed by atoms with Gasteiger partial charge in [-0.15, -0.1) is 0 Å². The van der Waals surface area contributed by atoms with Crippen molar-refractivity contribution in [3.05, 3.63) is 35.9 Å². The van der Waals surface area contributed by atoms with E-state index in [9.17, 15) is 4.79 Å². The Labute approximate surface area is 133 Å². The van der Waals surface area contributed by atoms with E-state index in [1.54, 1.807) is 0 Å². The van der Waals surface area contributed by atoms with E-state index in [0.717, 1.165) is 32.4 Å². The highest BCUT2D eigenvalue weighted by atomic mass is 16.5. The van der Waals surface area contributed by atoms with Crippen LogP contribution in [0.15, 0.2) is 30.3 Å². The zero-order chi connectivity index (χ0) is 15.8. The summed E-state index contributed by atoms with van der Waals surface area (Å²) in [4.78, 5) is 14.6. The number of ether oxygens (including phenoxy) is 1. The lowest BCUT2D eigenvalue weighted by Gasteiger charge is -2.30. The molecule has 0 bridgehead atoms. The third-order valence-electron chi connectivity index (χ3n) is 4.38. The molecule has 0 spiro atoms. The van der Waals surface area contributed by atoms with Crippen molar-refractivity contribution in [1.29, 1.82) is 0 Å². The molecule has 0 saturated carbocycles. The van der Waals surface area contributed by atoms with Crippen LogP contribution in [0.25, 0.3) is 0 Å². The Bertz CT molecular complexity index is 440. The fourth-order valence-corrected chi connectivity index (χ4v) is 3.07. The summed E-state index contributed by atoms with van der Waals surface area (Å²) in [7, 11) is 0. The number of hydrogen-bond acceptors (Lipinski definition) is 3. The zero-order valence-electron chi connectivity index (χ0n) is 13.8. The van der Waals surface area contributed by atoms with E-state index in [1.807, 2.05) is 6.07 Å². The maximum absolute atomic E-state index is 12.1. The van der Waals surface area contributed by atoms with Gasteiger partial charge in [-0.2, -0.15) is 0 Å². The normalized spacial score (nSPS) is 19.3. The van der Waals surface area contributed by atoms with E-state index in [4.69, 9.17) is 4.74 Å². The molecule has 1 aromatic rings. The molecule has 4 nitrogen and oxygen atoms in total. The number of carbonyl (C=O) groups excluding carboxylic acids is 1. The molecule has 1 amide bonds. The molecule has 0 radical (unpaired) electrons. The molecular weight excluding hydrogens is 276 g/mol. The molecule has 0 unspecified atom stereocenters. The second-order valence-corrected chi connectivity index (χ2v) is 5.81. The van der Waals surface area contributed by atoms with Crippen LogP contribution in [-0.2, 0) is 16.0 Å². The number of hydrogen-bond donors (Lipinski definition) is 1. The summed E-state index contributed by atoms with van der Waals surface area (Å²) >= 11 is 0. The van der Waals surface area contributed by atoms with Crippen molar-refractivity contribution in [2.24, 2.45) is 0 Å². The van der Waals surface area contributed by atoms with Gasteiger partial charge in [-0.3, -0.25) is 9.69 Å². The number of nitrogens with one attached hydrogen (secondary N) is 1. The molecule has 2 atom stereocenters. The summed E-state index contributed by atoms with van der Waals surface area (Å²) in [5.74, 6) is 0.0442. The van der Waals surface area contributed by atoms with Crippen molar-refractivity contribution < 1.29 is 9.53 Å². The Morgan fingerprint density at radius 2 is 2.05 bits per heavy atom. The van der Waals surface area contributed by atoms with E-state index in [1.165, 1.54) is 5.56 Å². The highest BCUT2D eigenvalue weighted by molar-refractivity contribution is 5.80. The van der Waals surface area contributed by atoms with Crippen molar-refractivity contribution in [3.63, 3.8) is 0 Å². The van der Waals surface area contributed by atoms with Crippen LogP contribution in [-0.4, -0.2) is 49.2 Å². The molecule has 1 aliphatic heterocycles. The van der Waals surface area contributed by atoms with Crippen molar-refractivity contribution in [2.45, 2.75) is 45.3 Å². The van der Waals surface area contributed by atoms with Gasteiger partial charge in [0.15, 0.2) is 0 Å². The van der Waals surface area contributed by atoms with Gasteiger partial charge in [-0.1, -0.05) is 44.2 Å². The molecular formula is C18H28N2O2. The van der Waals surface area contributed by atoms with E-state index >= 15 is 0 Å². The molecule has 4 heteroatoms. The first-order chi connectivity index (χ1) is 10.7. The highest BCUT2D eigenvalue weighted by Gasteiger charge is 2.25. The summed E-state index contributed by atoms with van der Waals surface area (Å²) in [6.07, 6.45) is 2.55. The van der Waals surface area contributed by atoms with Gasteiger partial charge in [0.1, 0.15) is 6.10 Å². The lowest BCUT2D eigenvalue weighted by Crippen LogP contribution is -2.47. The molecule has 1 saturated heterocycles. The van der Waals surface area contributed by atoms with Gasteiger partial charge in [0.05, 0.1) is 0 Å². The van der Waals surface area contributed by atoms with Crippen LogP contribution in [0.3, 0.4) is 0 Å². The minimum Gasteiger partial charge on any atom is -0.368 e. The zero-order valence-corrected chi connectivity index (χ0v) is 13.8. The fraction of sp³-hybridized carbons (Fsp3) is 0.611. The van der Waals surface area contributed by atoms with Crippen molar-refractivity contribution >= 4 is 5.91 Å². The maximum atomic E-state index is 12.1. The van der Waals surface area contributed by atoms with Crippen LogP contribution in [0, 0.1) is 0 Å². The first-order valence-corrected chi connectivity index (χ1v) is 8.41. The van der Waals surface area contributed by atoms with Crippen LogP contribution >= 0.6 is 0 Å². The average molecular weight is 304 g/mol. The predicted molar refractivity (Wildman–Crippen MR) is 88.8 cm³/mol. The Kier molecular flexibility index (Phi) is 6.87.